The fourth-order valence-electron chi connectivity index (χ4n) is 2.91. The molecule has 2 rings (SSSR count). The van der Waals surface area contributed by atoms with Gasteiger partial charge in [0.1, 0.15) is 11.8 Å². The molecule has 1 amide bonds. The number of nitro benzene ring substituents is 1. The second-order valence-electron chi connectivity index (χ2n) is 5.88. The third-order valence-electron chi connectivity index (χ3n) is 4.06. The van der Waals surface area contributed by atoms with E-state index < -0.39 is 28.8 Å². The summed E-state index contributed by atoms with van der Waals surface area (Å²) < 4.78 is 0. The lowest BCUT2D eigenvalue weighted by Crippen LogP contribution is -2.47. The van der Waals surface area contributed by atoms with Crippen LogP contribution >= 0.6 is 0 Å². The molecular formula is C16H18N2O6. The Kier molecular flexibility index (Phi) is 5.62. The fourth-order valence-corrected chi connectivity index (χ4v) is 2.91. The molecule has 0 unspecified atom stereocenters. The summed E-state index contributed by atoms with van der Waals surface area (Å²) >= 11 is 0. The molecule has 8 nitrogen and oxygen atoms in total. The first-order chi connectivity index (χ1) is 11.4. The van der Waals surface area contributed by atoms with Crippen LogP contribution in [-0.2, 0) is 20.8 Å². The van der Waals surface area contributed by atoms with Crippen molar-refractivity contribution in [3.63, 3.8) is 0 Å². The van der Waals surface area contributed by atoms with Crippen molar-refractivity contribution >= 4 is 23.3 Å². The number of nitro groups is 1. The zero-order valence-corrected chi connectivity index (χ0v) is 12.9. The van der Waals surface area contributed by atoms with Gasteiger partial charge in [0.25, 0.3) is 5.69 Å². The van der Waals surface area contributed by atoms with Crippen molar-refractivity contribution < 1.29 is 24.4 Å². The molecule has 1 aliphatic carbocycles. The van der Waals surface area contributed by atoms with Crippen molar-refractivity contribution in [2.75, 3.05) is 0 Å². The molecule has 1 aromatic carbocycles. The lowest BCUT2D eigenvalue weighted by atomic mass is 9.83. The van der Waals surface area contributed by atoms with Gasteiger partial charge in [-0.2, -0.15) is 0 Å². The van der Waals surface area contributed by atoms with Gasteiger partial charge in [-0.3, -0.25) is 19.7 Å². The molecule has 0 heterocycles. The summed E-state index contributed by atoms with van der Waals surface area (Å²) in [5, 5.41) is 22.5. The zero-order valence-electron chi connectivity index (χ0n) is 12.9. The molecule has 24 heavy (non-hydrogen) atoms. The number of carboxylic acids is 1. The largest absolute Gasteiger partial charge is 0.480 e. The summed E-state index contributed by atoms with van der Waals surface area (Å²) in [5.41, 5.74) is 0.290. The van der Waals surface area contributed by atoms with Gasteiger partial charge in [0.2, 0.25) is 5.91 Å². The normalized spacial score (nSPS) is 18.7. The second-order valence-corrected chi connectivity index (χ2v) is 5.88. The SMILES string of the molecule is O=C1CCC[C@@H]([C@@H](NC(=O)Cc2cccc([N+](=O)[O-])c2)C(=O)O)C1. The zero-order chi connectivity index (χ0) is 17.7. The molecule has 2 atom stereocenters. The van der Waals surface area contributed by atoms with Crippen molar-refractivity contribution in [2.45, 2.75) is 38.1 Å². The van der Waals surface area contributed by atoms with Crippen LogP contribution in [-0.4, -0.2) is 33.7 Å². The van der Waals surface area contributed by atoms with E-state index in [1.54, 1.807) is 6.07 Å². The van der Waals surface area contributed by atoms with E-state index in [9.17, 15) is 29.6 Å². The maximum atomic E-state index is 12.1. The number of carboxylic acid groups (broad SMARTS) is 1. The lowest BCUT2D eigenvalue weighted by molar-refractivity contribution is -0.384. The van der Waals surface area contributed by atoms with Crippen LogP contribution in [0.25, 0.3) is 0 Å². The highest BCUT2D eigenvalue weighted by Crippen LogP contribution is 2.24. The number of aliphatic carboxylic acids is 1. The lowest BCUT2D eigenvalue weighted by Gasteiger charge is -2.27. The van der Waals surface area contributed by atoms with Crippen LogP contribution in [0.1, 0.15) is 31.2 Å². The van der Waals surface area contributed by atoms with Crippen LogP contribution in [0.2, 0.25) is 0 Å². The van der Waals surface area contributed by atoms with Crippen LogP contribution < -0.4 is 5.32 Å². The van der Waals surface area contributed by atoms with Crippen molar-refractivity contribution in [1.82, 2.24) is 5.32 Å². The summed E-state index contributed by atoms with van der Waals surface area (Å²) in [4.78, 5) is 45.2. The second kappa shape index (κ2) is 7.67. The average molecular weight is 334 g/mol. The number of nitrogens with zero attached hydrogens (tertiary/aromatic N) is 1. The van der Waals surface area contributed by atoms with E-state index in [1.165, 1.54) is 18.2 Å². The fraction of sp³-hybridized carbons (Fsp3) is 0.438. The highest BCUT2D eigenvalue weighted by atomic mass is 16.6. The number of benzene rings is 1. The highest BCUT2D eigenvalue weighted by Gasteiger charge is 2.33. The number of amides is 1. The van der Waals surface area contributed by atoms with E-state index in [4.69, 9.17) is 0 Å². The van der Waals surface area contributed by atoms with Gasteiger partial charge in [0, 0.05) is 25.0 Å². The predicted molar refractivity (Wildman–Crippen MR) is 83.3 cm³/mol. The summed E-state index contributed by atoms with van der Waals surface area (Å²) in [6.07, 6.45) is 1.62. The molecule has 0 radical (unpaired) electrons. The Bertz CT molecular complexity index is 672. The van der Waals surface area contributed by atoms with Crippen molar-refractivity contribution in [3.8, 4) is 0 Å². The minimum Gasteiger partial charge on any atom is -0.480 e. The van der Waals surface area contributed by atoms with Crippen LogP contribution in [0.4, 0.5) is 5.69 Å². The third kappa shape index (κ3) is 4.61. The van der Waals surface area contributed by atoms with Crippen LogP contribution in [0.15, 0.2) is 24.3 Å². The number of hydrogen-bond donors (Lipinski definition) is 2. The molecule has 2 N–H and O–H groups in total. The number of non-ortho nitro benzene ring substituents is 1. The van der Waals surface area contributed by atoms with Crippen molar-refractivity contribution in [1.29, 1.82) is 0 Å². The van der Waals surface area contributed by atoms with Crippen molar-refractivity contribution in [3.05, 3.63) is 39.9 Å². The molecule has 8 heteroatoms. The predicted octanol–water partition coefficient (Wildman–Crippen LogP) is 1.47. The number of nitrogens with one attached hydrogen (secondary N) is 1. The maximum Gasteiger partial charge on any atom is 0.326 e. The first-order valence-corrected chi connectivity index (χ1v) is 7.64. The van der Waals surface area contributed by atoms with E-state index in [1.807, 2.05) is 0 Å². The Morgan fingerprint density at radius 1 is 1.42 bits per heavy atom. The first-order valence-electron chi connectivity index (χ1n) is 7.64. The summed E-state index contributed by atoms with van der Waals surface area (Å²) in [5.74, 6) is -2.13. The standard InChI is InChI=1S/C16H18N2O6/c19-13-6-2-4-11(9-13)15(16(21)22)17-14(20)8-10-3-1-5-12(7-10)18(23)24/h1,3,5,7,11,15H,2,4,6,8-9H2,(H,17,20)(H,21,22)/t11-,15-/m1/s1. The minimum atomic E-state index is -1.18. The summed E-state index contributed by atoms with van der Waals surface area (Å²) in [6, 6.07) is 4.50. The number of ketones is 1. The topological polar surface area (TPSA) is 127 Å². The van der Waals surface area contributed by atoms with Crippen LogP contribution in [0.5, 0.6) is 0 Å². The molecule has 0 bridgehead atoms. The molecular weight excluding hydrogens is 316 g/mol. The molecule has 1 aromatic rings. The Hall–Kier alpha value is -2.77. The number of rotatable bonds is 6. The Morgan fingerprint density at radius 3 is 2.79 bits per heavy atom. The number of Topliss-reactive ketones (excluding diaryl/α,β-unsaturated/α-hetero) is 1. The molecule has 0 spiro atoms. The summed E-state index contributed by atoms with van der Waals surface area (Å²) in [7, 11) is 0. The number of hydrogen-bond acceptors (Lipinski definition) is 5. The quantitative estimate of drug-likeness (QED) is 0.599. The molecule has 0 saturated heterocycles. The van der Waals surface area contributed by atoms with Gasteiger partial charge in [-0.1, -0.05) is 12.1 Å². The van der Waals surface area contributed by atoms with Gasteiger partial charge in [-0.25, -0.2) is 4.79 Å². The molecule has 1 saturated carbocycles. The average Bonchev–Trinajstić information content (AvgIpc) is 2.52. The van der Waals surface area contributed by atoms with Gasteiger partial charge >= 0.3 is 5.97 Å². The van der Waals surface area contributed by atoms with Crippen molar-refractivity contribution in [2.24, 2.45) is 5.92 Å². The highest BCUT2D eigenvalue weighted by molar-refractivity contribution is 5.86. The van der Waals surface area contributed by atoms with E-state index in [2.05, 4.69) is 5.32 Å². The number of carbonyl (C=O) groups excluding carboxylic acids is 2. The molecule has 0 aromatic heterocycles. The smallest absolute Gasteiger partial charge is 0.326 e. The maximum absolute atomic E-state index is 12.1. The Morgan fingerprint density at radius 2 is 2.17 bits per heavy atom. The van der Waals surface area contributed by atoms with Gasteiger partial charge in [0.15, 0.2) is 0 Å². The Labute approximate surface area is 138 Å². The molecule has 128 valence electrons. The van der Waals surface area contributed by atoms with E-state index >= 15 is 0 Å². The third-order valence-corrected chi connectivity index (χ3v) is 4.06. The van der Waals surface area contributed by atoms with E-state index in [0.717, 1.165) is 0 Å². The first kappa shape index (κ1) is 17.6. The molecule has 0 aliphatic heterocycles. The van der Waals surface area contributed by atoms with E-state index in [0.29, 0.717) is 24.8 Å². The molecule has 1 fully saturated rings. The molecule has 1 aliphatic rings. The number of carbonyl (C=O) groups is 3. The summed E-state index contributed by atoms with van der Waals surface area (Å²) in [6.45, 7) is 0. The van der Waals surface area contributed by atoms with E-state index in [-0.39, 0.29) is 24.3 Å². The minimum absolute atomic E-state index is 0.00503. The Balaban J connectivity index is 2.03. The van der Waals surface area contributed by atoms with Gasteiger partial charge in [-0.05, 0) is 24.3 Å². The van der Waals surface area contributed by atoms with Gasteiger partial charge < -0.3 is 10.4 Å². The van der Waals surface area contributed by atoms with Crippen LogP contribution in [0.3, 0.4) is 0 Å². The van der Waals surface area contributed by atoms with Gasteiger partial charge in [0.05, 0.1) is 11.3 Å². The van der Waals surface area contributed by atoms with Crippen LogP contribution in [0, 0.1) is 16.0 Å². The monoisotopic (exact) mass is 334 g/mol. The van der Waals surface area contributed by atoms with Gasteiger partial charge in [-0.15, -0.1) is 0 Å².